The van der Waals surface area contributed by atoms with E-state index in [1.165, 1.54) is 24.3 Å². The van der Waals surface area contributed by atoms with Gasteiger partial charge in [-0.2, -0.15) is 0 Å². The summed E-state index contributed by atoms with van der Waals surface area (Å²) in [5, 5.41) is 2.84. The van der Waals surface area contributed by atoms with Crippen molar-refractivity contribution in [2.75, 3.05) is 6.54 Å². The van der Waals surface area contributed by atoms with E-state index in [9.17, 15) is 14.0 Å². The Morgan fingerprint density at radius 1 is 1.07 bits per heavy atom. The second-order valence-electron chi connectivity index (χ2n) is 6.43. The molecule has 3 rings (SSSR count). The second-order valence-corrected chi connectivity index (χ2v) is 6.43. The number of fused-ring (bicyclic) bond motifs is 1. The zero-order valence-electron chi connectivity index (χ0n) is 15.2. The fourth-order valence-electron chi connectivity index (χ4n) is 3.04. The third-order valence-corrected chi connectivity index (χ3v) is 4.47. The number of carbonyl (C=O) groups is 2. The number of amides is 1. The second kappa shape index (κ2) is 8.58. The topological polar surface area (TPSA) is 64.0 Å². The quantitative estimate of drug-likeness (QED) is 0.488. The molecule has 3 aromatic rings. The third kappa shape index (κ3) is 4.78. The Labute approximate surface area is 157 Å². The number of rotatable bonds is 8. The molecule has 0 radical (unpaired) electrons. The van der Waals surface area contributed by atoms with Gasteiger partial charge in [0.1, 0.15) is 11.6 Å². The molecular formula is C21H22FN3O2. The van der Waals surface area contributed by atoms with Crippen LogP contribution in [0.5, 0.6) is 0 Å². The molecule has 1 amide bonds. The number of nitrogens with zero attached hydrogens (tertiary/aromatic N) is 2. The van der Waals surface area contributed by atoms with Crippen LogP contribution >= 0.6 is 0 Å². The fourth-order valence-corrected chi connectivity index (χ4v) is 3.04. The first-order chi connectivity index (χ1) is 13.0. The van der Waals surface area contributed by atoms with E-state index in [2.05, 4.69) is 14.9 Å². The molecule has 140 valence electrons. The minimum Gasteiger partial charge on any atom is -0.356 e. The van der Waals surface area contributed by atoms with Gasteiger partial charge < -0.3 is 9.88 Å². The summed E-state index contributed by atoms with van der Waals surface area (Å²) in [5.74, 6) is 0.251. The Bertz CT molecular complexity index is 948. The average Bonchev–Trinajstić information content (AvgIpc) is 2.99. The summed E-state index contributed by atoms with van der Waals surface area (Å²) in [7, 11) is 0. The fraction of sp³-hybridized carbons (Fsp3) is 0.286. The minimum atomic E-state index is -0.384. The number of Topliss-reactive ketones (excluding diaryl/α,β-unsaturated/α-hetero) is 1. The standard InChI is InChI=1S/C21H22FN3O2/c1-15-24-18-5-2-3-6-19(18)25(15)14-4-13-23-21(27)12-11-20(26)16-7-9-17(22)10-8-16/h2-3,5-10H,4,11-14H2,1H3,(H,23,27). The molecule has 5 nitrogen and oxygen atoms in total. The largest absolute Gasteiger partial charge is 0.356 e. The number of imidazole rings is 1. The first-order valence-electron chi connectivity index (χ1n) is 9.02. The van der Waals surface area contributed by atoms with Gasteiger partial charge in [0.2, 0.25) is 5.91 Å². The maximum absolute atomic E-state index is 12.9. The molecule has 2 aromatic carbocycles. The van der Waals surface area contributed by atoms with Crippen molar-refractivity contribution >= 4 is 22.7 Å². The van der Waals surface area contributed by atoms with Crippen molar-refractivity contribution in [2.24, 2.45) is 0 Å². The number of hydrogen-bond donors (Lipinski definition) is 1. The van der Waals surface area contributed by atoms with E-state index in [4.69, 9.17) is 0 Å². The molecule has 0 aliphatic heterocycles. The number of hydrogen-bond acceptors (Lipinski definition) is 3. The third-order valence-electron chi connectivity index (χ3n) is 4.47. The van der Waals surface area contributed by atoms with Gasteiger partial charge in [-0.1, -0.05) is 12.1 Å². The Balaban J connectivity index is 1.41. The average molecular weight is 367 g/mol. The van der Waals surface area contributed by atoms with Crippen molar-refractivity contribution in [3.8, 4) is 0 Å². The monoisotopic (exact) mass is 367 g/mol. The molecule has 0 bridgehead atoms. The Morgan fingerprint density at radius 3 is 2.59 bits per heavy atom. The lowest BCUT2D eigenvalue weighted by molar-refractivity contribution is -0.121. The van der Waals surface area contributed by atoms with Crippen LogP contribution in [0.4, 0.5) is 4.39 Å². The lowest BCUT2D eigenvalue weighted by Crippen LogP contribution is -2.25. The smallest absolute Gasteiger partial charge is 0.220 e. The van der Waals surface area contributed by atoms with Gasteiger partial charge in [-0.15, -0.1) is 0 Å². The summed E-state index contributed by atoms with van der Waals surface area (Å²) >= 11 is 0. The highest BCUT2D eigenvalue weighted by Gasteiger charge is 2.10. The first-order valence-corrected chi connectivity index (χ1v) is 9.02. The maximum atomic E-state index is 12.9. The van der Waals surface area contributed by atoms with E-state index in [0.29, 0.717) is 12.1 Å². The lowest BCUT2D eigenvalue weighted by Gasteiger charge is -2.08. The zero-order valence-corrected chi connectivity index (χ0v) is 15.2. The van der Waals surface area contributed by atoms with Crippen LogP contribution in [0.25, 0.3) is 11.0 Å². The highest BCUT2D eigenvalue weighted by molar-refractivity contribution is 5.97. The van der Waals surface area contributed by atoms with Crippen molar-refractivity contribution in [3.05, 3.63) is 65.7 Å². The van der Waals surface area contributed by atoms with Crippen LogP contribution in [0.1, 0.15) is 35.4 Å². The number of aromatic nitrogens is 2. The number of halogens is 1. The van der Waals surface area contributed by atoms with Gasteiger partial charge in [0, 0.05) is 31.5 Å². The van der Waals surface area contributed by atoms with Gasteiger partial charge in [-0.25, -0.2) is 9.37 Å². The minimum absolute atomic E-state index is 0.114. The number of para-hydroxylation sites is 2. The molecule has 1 aromatic heterocycles. The van der Waals surface area contributed by atoms with Crippen molar-refractivity contribution in [2.45, 2.75) is 32.7 Å². The normalized spacial score (nSPS) is 10.9. The summed E-state index contributed by atoms with van der Waals surface area (Å²) in [6.45, 7) is 3.27. The van der Waals surface area contributed by atoms with Crippen LogP contribution < -0.4 is 5.32 Å². The van der Waals surface area contributed by atoms with Crippen LogP contribution in [0.15, 0.2) is 48.5 Å². The number of benzene rings is 2. The van der Waals surface area contributed by atoms with E-state index in [0.717, 1.165) is 29.8 Å². The number of carbonyl (C=O) groups excluding carboxylic acids is 2. The Kier molecular flexibility index (Phi) is 5.96. The van der Waals surface area contributed by atoms with E-state index < -0.39 is 0 Å². The van der Waals surface area contributed by atoms with Crippen LogP contribution in [-0.2, 0) is 11.3 Å². The zero-order chi connectivity index (χ0) is 19.2. The molecule has 0 atom stereocenters. The number of aryl methyl sites for hydroxylation is 2. The Hall–Kier alpha value is -3.02. The van der Waals surface area contributed by atoms with E-state index in [1.807, 2.05) is 31.2 Å². The molecular weight excluding hydrogens is 345 g/mol. The van der Waals surface area contributed by atoms with Gasteiger partial charge in [0.05, 0.1) is 11.0 Å². The summed E-state index contributed by atoms with van der Waals surface area (Å²) in [6, 6.07) is 13.3. The first kappa shape index (κ1) is 18.8. The van der Waals surface area contributed by atoms with Gasteiger partial charge in [-0.05, 0) is 49.7 Å². The summed E-state index contributed by atoms with van der Waals surface area (Å²) in [5.41, 5.74) is 2.48. The molecule has 0 saturated heterocycles. The van der Waals surface area contributed by atoms with Gasteiger partial charge >= 0.3 is 0 Å². The van der Waals surface area contributed by atoms with Crippen LogP contribution in [-0.4, -0.2) is 27.8 Å². The van der Waals surface area contributed by atoms with Gasteiger partial charge in [-0.3, -0.25) is 9.59 Å². The molecule has 1 heterocycles. The van der Waals surface area contributed by atoms with Crippen LogP contribution in [0.3, 0.4) is 0 Å². The SMILES string of the molecule is Cc1nc2ccccc2n1CCCNC(=O)CCC(=O)c1ccc(F)cc1. The molecule has 0 aliphatic carbocycles. The summed E-state index contributed by atoms with van der Waals surface area (Å²) in [4.78, 5) is 28.5. The molecule has 1 N–H and O–H groups in total. The van der Waals surface area contributed by atoms with Crippen LogP contribution in [0, 0.1) is 12.7 Å². The van der Waals surface area contributed by atoms with Crippen molar-refractivity contribution in [3.63, 3.8) is 0 Å². The predicted molar refractivity (Wildman–Crippen MR) is 102 cm³/mol. The van der Waals surface area contributed by atoms with Crippen molar-refractivity contribution in [1.29, 1.82) is 0 Å². The molecule has 0 unspecified atom stereocenters. The molecule has 0 spiro atoms. The highest BCUT2D eigenvalue weighted by atomic mass is 19.1. The summed E-state index contributed by atoms with van der Waals surface area (Å²) < 4.78 is 15.0. The van der Waals surface area contributed by atoms with E-state index >= 15 is 0 Å². The number of nitrogens with one attached hydrogen (secondary N) is 1. The molecule has 6 heteroatoms. The van der Waals surface area contributed by atoms with E-state index in [1.54, 1.807) is 0 Å². The molecule has 27 heavy (non-hydrogen) atoms. The maximum Gasteiger partial charge on any atom is 0.220 e. The van der Waals surface area contributed by atoms with Gasteiger partial charge in [0.25, 0.3) is 0 Å². The van der Waals surface area contributed by atoms with E-state index in [-0.39, 0.29) is 30.3 Å². The summed E-state index contributed by atoms with van der Waals surface area (Å²) in [6.07, 6.45) is 1.02. The van der Waals surface area contributed by atoms with Crippen molar-refractivity contribution in [1.82, 2.24) is 14.9 Å². The molecule has 0 fully saturated rings. The Morgan fingerprint density at radius 2 is 1.81 bits per heavy atom. The number of ketones is 1. The highest BCUT2D eigenvalue weighted by Crippen LogP contribution is 2.15. The predicted octanol–water partition coefficient (Wildman–Crippen LogP) is 3.65. The van der Waals surface area contributed by atoms with Crippen LogP contribution in [0.2, 0.25) is 0 Å². The molecule has 0 aliphatic rings. The van der Waals surface area contributed by atoms with Crippen molar-refractivity contribution < 1.29 is 14.0 Å². The lowest BCUT2D eigenvalue weighted by atomic mass is 10.1. The van der Waals surface area contributed by atoms with Gasteiger partial charge in [0.15, 0.2) is 5.78 Å². The molecule has 0 saturated carbocycles.